The summed E-state index contributed by atoms with van der Waals surface area (Å²) in [6.07, 6.45) is 0. The van der Waals surface area contributed by atoms with Crippen LogP contribution in [0.1, 0.15) is 11.1 Å². The maximum Gasteiger partial charge on any atom is 0.0991 e. The lowest BCUT2D eigenvalue weighted by Gasteiger charge is -2.04. The summed E-state index contributed by atoms with van der Waals surface area (Å²) < 4.78 is 1.11. The molecule has 2 rings (SSSR count). The molecule has 0 atom stereocenters. The van der Waals surface area contributed by atoms with Gasteiger partial charge in [-0.25, -0.2) is 0 Å². The van der Waals surface area contributed by atoms with Crippen LogP contribution in [-0.2, 0) is 0 Å². The second-order valence-corrected chi connectivity index (χ2v) is 4.07. The summed E-state index contributed by atoms with van der Waals surface area (Å²) in [4.78, 5) is 0. The highest BCUT2D eigenvalue weighted by atomic mass is 79.9. The van der Waals surface area contributed by atoms with Crippen molar-refractivity contribution in [2.24, 2.45) is 0 Å². The SMILES string of the molecule is Cc1c(Br)ccc2cc(C#N)ccc12. The normalized spacial score (nSPS) is 10.1. The van der Waals surface area contributed by atoms with Gasteiger partial charge in [0.1, 0.15) is 0 Å². The number of benzene rings is 2. The first kappa shape index (κ1) is 9.23. The minimum atomic E-state index is 0.708. The first-order valence-corrected chi connectivity index (χ1v) is 5.10. The topological polar surface area (TPSA) is 23.8 Å². The first-order valence-electron chi connectivity index (χ1n) is 4.31. The minimum absolute atomic E-state index is 0.708. The summed E-state index contributed by atoms with van der Waals surface area (Å²) in [6, 6.07) is 11.9. The Morgan fingerprint density at radius 3 is 2.71 bits per heavy atom. The van der Waals surface area contributed by atoms with Crippen molar-refractivity contribution in [1.82, 2.24) is 0 Å². The van der Waals surface area contributed by atoms with E-state index in [2.05, 4.69) is 28.9 Å². The molecular weight excluding hydrogens is 238 g/mol. The van der Waals surface area contributed by atoms with E-state index in [4.69, 9.17) is 5.26 Å². The van der Waals surface area contributed by atoms with Crippen LogP contribution in [0.15, 0.2) is 34.8 Å². The highest BCUT2D eigenvalue weighted by Gasteiger charge is 2.01. The maximum absolute atomic E-state index is 8.76. The van der Waals surface area contributed by atoms with Crippen LogP contribution in [0.4, 0.5) is 0 Å². The molecule has 0 bridgehead atoms. The fraction of sp³-hybridized carbons (Fsp3) is 0.0833. The van der Waals surface area contributed by atoms with E-state index in [1.807, 2.05) is 30.3 Å². The third-order valence-corrected chi connectivity index (χ3v) is 3.21. The van der Waals surface area contributed by atoms with Gasteiger partial charge in [0.05, 0.1) is 11.6 Å². The average Bonchev–Trinajstić information content (AvgIpc) is 2.23. The van der Waals surface area contributed by atoms with Crippen LogP contribution in [0, 0.1) is 18.3 Å². The molecule has 0 spiro atoms. The van der Waals surface area contributed by atoms with E-state index >= 15 is 0 Å². The van der Waals surface area contributed by atoms with E-state index in [1.54, 1.807) is 0 Å². The van der Waals surface area contributed by atoms with Gasteiger partial charge in [0, 0.05) is 4.47 Å². The largest absolute Gasteiger partial charge is 0.192 e. The summed E-state index contributed by atoms with van der Waals surface area (Å²) in [5.74, 6) is 0. The Morgan fingerprint density at radius 1 is 1.21 bits per heavy atom. The molecule has 2 aromatic carbocycles. The summed E-state index contributed by atoms with van der Waals surface area (Å²) in [5, 5.41) is 11.1. The molecule has 2 heteroatoms. The monoisotopic (exact) mass is 245 g/mol. The third kappa shape index (κ3) is 1.40. The molecule has 0 fully saturated rings. The van der Waals surface area contributed by atoms with E-state index in [-0.39, 0.29) is 0 Å². The van der Waals surface area contributed by atoms with Gasteiger partial charge in [0.2, 0.25) is 0 Å². The van der Waals surface area contributed by atoms with Gasteiger partial charge in [-0.15, -0.1) is 0 Å². The zero-order valence-electron chi connectivity index (χ0n) is 7.71. The molecular formula is C12H8BrN. The Hall–Kier alpha value is -1.33. The molecule has 0 saturated heterocycles. The van der Waals surface area contributed by atoms with Gasteiger partial charge in [-0.05, 0) is 41.5 Å². The van der Waals surface area contributed by atoms with Gasteiger partial charge in [0.25, 0.3) is 0 Å². The van der Waals surface area contributed by atoms with Gasteiger partial charge in [-0.3, -0.25) is 0 Å². The second-order valence-electron chi connectivity index (χ2n) is 3.22. The fourth-order valence-electron chi connectivity index (χ4n) is 1.53. The van der Waals surface area contributed by atoms with Crippen molar-refractivity contribution in [1.29, 1.82) is 5.26 Å². The molecule has 0 aliphatic rings. The van der Waals surface area contributed by atoms with Crippen molar-refractivity contribution in [3.05, 3.63) is 45.9 Å². The molecule has 0 saturated carbocycles. The van der Waals surface area contributed by atoms with E-state index < -0.39 is 0 Å². The number of aryl methyl sites for hydroxylation is 1. The molecule has 0 aromatic heterocycles. The highest BCUT2D eigenvalue weighted by molar-refractivity contribution is 9.10. The van der Waals surface area contributed by atoms with Crippen molar-refractivity contribution < 1.29 is 0 Å². The average molecular weight is 246 g/mol. The lowest BCUT2D eigenvalue weighted by molar-refractivity contribution is 1.47. The van der Waals surface area contributed by atoms with E-state index in [9.17, 15) is 0 Å². The standard InChI is InChI=1S/C12H8BrN/c1-8-11-4-2-9(7-14)6-10(11)3-5-12(8)13/h2-6H,1H3. The van der Waals surface area contributed by atoms with Crippen LogP contribution in [0.3, 0.4) is 0 Å². The molecule has 0 amide bonds. The Kier molecular flexibility index (Phi) is 2.26. The maximum atomic E-state index is 8.76. The van der Waals surface area contributed by atoms with Crippen LogP contribution in [0.5, 0.6) is 0 Å². The smallest absolute Gasteiger partial charge is 0.0991 e. The predicted molar refractivity (Wildman–Crippen MR) is 61.1 cm³/mol. The van der Waals surface area contributed by atoms with E-state index in [0.29, 0.717) is 5.56 Å². The third-order valence-electron chi connectivity index (χ3n) is 2.35. The zero-order valence-corrected chi connectivity index (χ0v) is 9.30. The lowest BCUT2D eigenvalue weighted by Crippen LogP contribution is -1.82. The number of hydrogen-bond acceptors (Lipinski definition) is 1. The Morgan fingerprint density at radius 2 is 2.00 bits per heavy atom. The van der Waals surface area contributed by atoms with Crippen molar-refractivity contribution >= 4 is 26.7 Å². The van der Waals surface area contributed by atoms with E-state index in [0.717, 1.165) is 9.86 Å². The highest BCUT2D eigenvalue weighted by Crippen LogP contribution is 2.26. The van der Waals surface area contributed by atoms with Crippen LogP contribution >= 0.6 is 15.9 Å². The molecule has 1 nitrogen and oxygen atoms in total. The van der Waals surface area contributed by atoms with Crippen molar-refractivity contribution in [3.8, 4) is 6.07 Å². The molecule has 0 aliphatic carbocycles. The zero-order chi connectivity index (χ0) is 10.1. The summed E-state index contributed by atoms with van der Waals surface area (Å²) in [5.41, 5.74) is 1.92. The molecule has 68 valence electrons. The number of nitriles is 1. The number of rotatable bonds is 0. The number of fused-ring (bicyclic) bond motifs is 1. The molecule has 0 unspecified atom stereocenters. The Labute approximate surface area is 91.1 Å². The quantitative estimate of drug-likeness (QED) is 0.693. The first-order chi connectivity index (χ1) is 6.72. The van der Waals surface area contributed by atoms with Crippen molar-refractivity contribution in [2.45, 2.75) is 6.92 Å². The van der Waals surface area contributed by atoms with Gasteiger partial charge < -0.3 is 0 Å². The van der Waals surface area contributed by atoms with E-state index in [1.165, 1.54) is 10.9 Å². The Bertz CT molecular complexity index is 538. The summed E-state index contributed by atoms with van der Waals surface area (Å²) >= 11 is 3.49. The molecule has 0 radical (unpaired) electrons. The summed E-state index contributed by atoms with van der Waals surface area (Å²) in [6.45, 7) is 2.07. The molecule has 14 heavy (non-hydrogen) atoms. The molecule has 2 aromatic rings. The molecule has 0 heterocycles. The molecule has 0 aliphatic heterocycles. The van der Waals surface area contributed by atoms with Crippen molar-refractivity contribution in [2.75, 3.05) is 0 Å². The Balaban J connectivity index is 2.83. The lowest BCUT2D eigenvalue weighted by atomic mass is 10.0. The van der Waals surface area contributed by atoms with Crippen LogP contribution in [0.2, 0.25) is 0 Å². The molecule has 0 N–H and O–H groups in total. The van der Waals surface area contributed by atoms with Crippen molar-refractivity contribution in [3.63, 3.8) is 0 Å². The van der Waals surface area contributed by atoms with Gasteiger partial charge in [-0.1, -0.05) is 28.1 Å². The second kappa shape index (κ2) is 3.43. The van der Waals surface area contributed by atoms with Crippen LogP contribution in [0.25, 0.3) is 10.8 Å². The van der Waals surface area contributed by atoms with Crippen LogP contribution < -0.4 is 0 Å². The van der Waals surface area contributed by atoms with Gasteiger partial charge in [-0.2, -0.15) is 5.26 Å². The number of hydrogen-bond donors (Lipinski definition) is 0. The minimum Gasteiger partial charge on any atom is -0.192 e. The fourth-order valence-corrected chi connectivity index (χ4v) is 1.87. The number of halogens is 1. The number of nitrogens with zero attached hydrogens (tertiary/aromatic N) is 1. The van der Waals surface area contributed by atoms with Gasteiger partial charge >= 0.3 is 0 Å². The predicted octanol–water partition coefficient (Wildman–Crippen LogP) is 3.78. The van der Waals surface area contributed by atoms with Gasteiger partial charge in [0.15, 0.2) is 0 Å². The van der Waals surface area contributed by atoms with Crippen LogP contribution in [-0.4, -0.2) is 0 Å². The summed E-state index contributed by atoms with van der Waals surface area (Å²) in [7, 11) is 0.